The van der Waals surface area contributed by atoms with E-state index in [9.17, 15) is 14.3 Å². The van der Waals surface area contributed by atoms with E-state index in [1.54, 1.807) is 46.0 Å². The molecule has 0 spiro atoms. The number of ether oxygens (including phenoxy) is 1. The lowest BCUT2D eigenvalue weighted by atomic mass is 10.0. The van der Waals surface area contributed by atoms with Gasteiger partial charge < -0.3 is 9.84 Å². The van der Waals surface area contributed by atoms with Crippen LogP contribution < -0.4 is 10.3 Å². The third-order valence-electron chi connectivity index (χ3n) is 5.46. The van der Waals surface area contributed by atoms with Crippen molar-refractivity contribution < 1.29 is 14.2 Å². The van der Waals surface area contributed by atoms with Gasteiger partial charge in [-0.2, -0.15) is 9.37 Å². The van der Waals surface area contributed by atoms with E-state index in [-0.39, 0.29) is 18.0 Å². The van der Waals surface area contributed by atoms with Gasteiger partial charge in [0.25, 0.3) is 5.56 Å². The van der Waals surface area contributed by atoms with Crippen LogP contribution in [-0.4, -0.2) is 29.6 Å². The van der Waals surface area contributed by atoms with Crippen molar-refractivity contribution in [2.24, 2.45) is 0 Å². The Labute approximate surface area is 202 Å². The van der Waals surface area contributed by atoms with Gasteiger partial charge in [-0.25, -0.2) is 15.0 Å². The molecule has 9 heteroatoms. The fourth-order valence-corrected chi connectivity index (χ4v) is 3.63. The quantitative estimate of drug-likeness (QED) is 0.421. The van der Waals surface area contributed by atoms with Crippen LogP contribution in [-0.2, 0) is 12.2 Å². The minimum atomic E-state index is -1.19. The molecule has 0 radical (unpaired) electrons. The van der Waals surface area contributed by atoms with E-state index >= 15 is 0 Å². The number of aromatic nitrogens is 5. The maximum absolute atomic E-state index is 13.3. The van der Waals surface area contributed by atoms with Crippen molar-refractivity contribution in [3.63, 3.8) is 0 Å². The van der Waals surface area contributed by atoms with Crippen LogP contribution in [0, 0.1) is 26.7 Å². The van der Waals surface area contributed by atoms with Gasteiger partial charge in [-0.15, -0.1) is 0 Å². The second kappa shape index (κ2) is 9.34. The lowest BCUT2D eigenvalue weighted by molar-refractivity contribution is 0.0688. The molecule has 1 N–H and O–H groups in total. The molecule has 8 nitrogen and oxygen atoms in total. The molecule has 0 unspecified atom stereocenters. The zero-order chi connectivity index (χ0) is 25.3. The minimum absolute atomic E-state index is 0.0134. The fraction of sp³-hybridized carbons (Fsp3) is 0.269. The number of pyridine rings is 1. The molecule has 0 saturated carbocycles. The first-order chi connectivity index (χ1) is 16.5. The summed E-state index contributed by atoms with van der Waals surface area (Å²) in [5, 5.41) is 10.3. The normalized spacial score (nSPS) is 11.5. The Morgan fingerprint density at radius 3 is 2.51 bits per heavy atom. The van der Waals surface area contributed by atoms with E-state index < -0.39 is 11.5 Å². The van der Waals surface area contributed by atoms with E-state index in [1.165, 1.54) is 10.6 Å². The van der Waals surface area contributed by atoms with Crippen molar-refractivity contribution in [3.8, 4) is 22.8 Å². The smallest absolute Gasteiger partial charge is 0.264 e. The summed E-state index contributed by atoms with van der Waals surface area (Å²) >= 11 is 0. The number of hydrogen-bond donors (Lipinski definition) is 1. The van der Waals surface area contributed by atoms with Gasteiger partial charge >= 0.3 is 0 Å². The summed E-state index contributed by atoms with van der Waals surface area (Å²) in [5.41, 5.74) is 2.13. The maximum atomic E-state index is 13.3. The third kappa shape index (κ3) is 5.09. The topological polar surface area (TPSA) is 103 Å². The molecule has 4 rings (SSSR count). The SMILES string of the molecule is Cc1cnc(C(C)(C)O)nc1-c1cccc(-n2c(C)nc(OCc3cccc(F)n3)c(C)c2=O)c1. The van der Waals surface area contributed by atoms with E-state index in [1.807, 2.05) is 31.2 Å². The molecule has 0 atom stereocenters. The molecule has 35 heavy (non-hydrogen) atoms. The maximum Gasteiger partial charge on any atom is 0.264 e. The summed E-state index contributed by atoms with van der Waals surface area (Å²) in [6, 6.07) is 11.8. The van der Waals surface area contributed by atoms with Crippen molar-refractivity contribution in [1.82, 2.24) is 24.5 Å². The summed E-state index contributed by atoms with van der Waals surface area (Å²) in [5.74, 6) is 0.309. The van der Waals surface area contributed by atoms with Crippen LogP contribution in [0.3, 0.4) is 0 Å². The van der Waals surface area contributed by atoms with Crippen molar-refractivity contribution in [3.05, 3.63) is 93.4 Å². The van der Waals surface area contributed by atoms with Crippen LogP contribution >= 0.6 is 0 Å². The van der Waals surface area contributed by atoms with Gasteiger partial charge in [0.05, 0.1) is 22.6 Å². The zero-order valence-electron chi connectivity index (χ0n) is 20.2. The number of halogens is 1. The zero-order valence-corrected chi connectivity index (χ0v) is 20.2. The Morgan fingerprint density at radius 1 is 1.06 bits per heavy atom. The predicted octanol–water partition coefficient (Wildman–Crippen LogP) is 3.96. The van der Waals surface area contributed by atoms with Gasteiger partial charge in [-0.3, -0.25) is 9.36 Å². The molecular formula is C26H26FN5O3. The van der Waals surface area contributed by atoms with E-state index in [2.05, 4.69) is 19.9 Å². The molecule has 3 aromatic heterocycles. The molecule has 1 aromatic carbocycles. The number of rotatable bonds is 6. The van der Waals surface area contributed by atoms with Crippen LogP contribution in [0.1, 0.15) is 42.3 Å². The van der Waals surface area contributed by atoms with E-state index in [4.69, 9.17) is 4.74 Å². The highest BCUT2D eigenvalue weighted by Gasteiger charge is 2.21. The number of benzene rings is 1. The second-order valence-electron chi connectivity index (χ2n) is 8.80. The molecule has 3 heterocycles. The number of nitrogens with zero attached hydrogens (tertiary/aromatic N) is 5. The molecule has 0 saturated heterocycles. The van der Waals surface area contributed by atoms with Gasteiger partial charge in [-0.05, 0) is 64.4 Å². The molecule has 4 aromatic rings. The Balaban J connectivity index is 1.71. The summed E-state index contributed by atoms with van der Waals surface area (Å²) in [6.45, 7) is 8.47. The standard InChI is InChI=1S/C26H26FN5O3/c1-15-13-28-25(26(4,5)34)31-22(15)18-8-6-10-20(12-18)32-17(3)29-23(16(2)24(32)33)35-14-19-9-7-11-21(27)30-19/h6-13,34H,14H2,1-5H3. The molecule has 0 aliphatic heterocycles. The Bertz CT molecular complexity index is 1460. The van der Waals surface area contributed by atoms with Gasteiger partial charge in [0.15, 0.2) is 5.82 Å². The summed E-state index contributed by atoms with van der Waals surface area (Å²) in [4.78, 5) is 30.3. The molecular weight excluding hydrogens is 449 g/mol. The van der Waals surface area contributed by atoms with Gasteiger partial charge in [0.1, 0.15) is 18.0 Å². The van der Waals surface area contributed by atoms with Gasteiger partial charge in [0, 0.05) is 11.8 Å². The molecule has 0 aliphatic rings. The lowest BCUT2D eigenvalue weighted by Crippen LogP contribution is -2.25. The first-order valence-corrected chi connectivity index (χ1v) is 11.1. The van der Waals surface area contributed by atoms with Crippen LogP contribution in [0.15, 0.2) is 53.5 Å². The Hall–Kier alpha value is -3.98. The average Bonchev–Trinajstić information content (AvgIpc) is 2.80. The van der Waals surface area contributed by atoms with Crippen LogP contribution in [0.2, 0.25) is 0 Å². The second-order valence-corrected chi connectivity index (χ2v) is 8.80. The fourth-order valence-electron chi connectivity index (χ4n) is 3.63. The number of hydrogen-bond acceptors (Lipinski definition) is 7. The van der Waals surface area contributed by atoms with Crippen molar-refractivity contribution in [2.75, 3.05) is 0 Å². The molecule has 0 aliphatic carbocycles. The molecule has 0 bridgehead atoms. The highest BCUT2D eigenvalue weighted by atomic mass is 19.1. The lowest BCUT2D eigenvalue weighted by Gasteiger charge is -2.18. The third-order valence-corrected chi connectivity index (χ3v) is 5.46. The summed E-state index contributed by atoms with van der Waals surface area (Å²) in [6.07, 6.45) is 1.67. The largest absolute Gasteiger partial charge is 0.471 e. The van der Waals surface area contributed by atoms with Crippen LogP contribution in [0.5, 0.6) is 5.88 Å². The Kier molecular flexibility index (Phi) is 6.45. The van der Waals surface area contributed by atoms with Crippen LogP contribution in [0.4, 0.5) is 4.39 Å². The monoisotopic (exact) mass is 475 g/mol. The number of aryl methyl sites for hydroxylation is 2. The Morgan fingerprint density at radius 2 is 1.80 bits per heavy atom. The number of aliphatic hydroxyl groups is 1. The van der Waals surface area contributed by atoms with E-state index in [0.717, 1.165) is 11.1 Å². The molecule has 180 valence electrons. The minimum Gasteiger partial charge on any atom is -0.471 e. The van der Waals surface area contributed by atoms with Gasteiger partial charge in [0.2, 0.25) is 11.8 Å². The summed E-state index contributed by atoms with van der Waals surface area (Å²) < 4.78 is 20.5. The highest BCUT2D eigenvalue weighted by molar-refractivity contribution is 5.65. The molecule has 0 fully saturated rings. The molecule has 0 amide bonds. The highest BCUT2D eigenvalue weighted by Crippen LogP contribution is 2.26. The van der Waals surface area contributed by atoms with Crippen molar-refractivity contribution in [1.29, 1.82) is 0 Å². The van der Waals surface area contributed by atoms with Crippen molar-refractivity contribution in [2.45, 2.75) is 46.8 Å². The van der Waals surface area contributed by atoms with E-state index in [0.29, 0.717) is 34.3 Å². The predicted molar refractivity (Wildman–Crippen MR) is 129 cm³/mol. The summed E-state index contributed by atoms with van der Waals surface area (Å²) in [7, 11) is 0. The first kappa shape index (κ1) is 24.2. The van der Waals surface area contributed by atoms with Gasteiger partial charge in [-0.1, -0.05) is 18.2 Å². The first-order valence-electron chi connectivity index (χ1n) is 11.1. The van der Waals surface area contributed by atoms with Crippen LogP contribution in [0.25, 0.3) is 16.9 Å². The van der Waals surface area contributed by atoms with Crippen molar-refractivity contribution >= 4 is 0 Å². The average molecular weight is 476 g/mol.